The third-order valence-corrected chi connectivity index (χ3v) is 7.22. The maximum Gasteiger partial charge on any atom is 0.266 e. The molecular formula is C31H28N8O2. The number of benzene rings is 2. The van der Waals surface area contributed by atoms with E-state index in [2.05, 4.69) is 20.5 Å². The highest BCUT2D eigenvalue weighted by molar-refractivity contribution is 6.01. The number of hydrogen-bond acceptors (Lipinski definition) is 6. The minimum atomic E-state index is -0.616. The van der Waals surface area contributed by atoms with Crippen molar-refractivity contribution in [1.82, 2.24) is 39.2 Å². The first kappa shape index (κ1) is 25.9. The molecule has 1 amide bonds. The van der Waals surface area contributed by atoms with Crippen molar-refractivity contribution in [2.45, 2.75) is 26.8 Å². The fourth-order valence-electron chi connectivity index (χ4n) is 4.98. The quantitative estimate of drug-likeness (QED) is 0.332. The summed E-state index contributed by atoms with van der Waals surface area (Å²) < 4.78 is 4.95. The van der Waals surface area contributed by atoms with Crippen LogP contribution in [0.1, 0.15) is 51.7 Å². The molecule has 2 aromatic carbocycles. The molecule has 0 saturated heterocycles. The Morgan fingerprint density at radius 2 is 1.78 bits per heavy atom. The Hall–Kier alpha value is -5.38. The number of carbonyl (C=O) groups excluding carboxylic acids is 1. The molecule has 6 rings (SSSR count). The molecule has 0 aliphatic carbocycles. The maximum atomic E-state index is 14.2. The van der Waals surface area contributed by atoms with Crippen LogP contribution in [0, 0.1) is 13.8 Å². The maximum absolute atomic E-state index is 14.2. The van der Waals surface area contributed by atoms with Crippen LogP contribution in [-0.2, 0) is 7.05 Å². The molecule has 10 nitrogen and oxygen atoms in total. The molecule has 0 aliphatic rings. The first-order valence-electron chi connectivity index (χ1n) is 13.2. The zero-order valence-corrected chi connectivity index (χ0v) is 23.1. The van der Waals surface area contributed by atoms with Crippen LogP contribution in [0.3, 0.4) is 0 Å². The van der Waals surface area contributed by atoms with Gasteiger partial charge < -0.3 is 5.32 Å². The molecule has 204 valence electrons. The van der Waals surface area contributed by atoms with Gasteiger partial charge in [0.25, 0.3) is 11.5 Å². The Labute approximate surface area is 235 Å². The van der Waals surface area contributed by atoms with Crippen molar-refractivity contribution in [2.75, 3.05) is 0 Å². The average molecular weight is 545 g/mol. The first-order chi connectivity index (χ1) is 19.8. The van der Waals surface area contributed by atoms with Crippen molar-refractivity contribution in [3.8, 4) is 5.69 Å². The van der Waals surface area contributed by atoms with Crippen LogP contribution in [0.5, 0.6) is 0 Å². The lowest BCUT2D eigenvalue weighted by molar-refractivity contribution is 0.0938. The molecule has 41 heavy (non-hydrogen) atoms. The number of rotatable bonds is 6. The van der Waals surface area contributed by atoms with Gasteiger partial charge in [-0.2, -0.15) is 10.2 Å². The number of fused-ring (bicyclic) bond motifs is 2. The summed E-state index contributed by atoms with van der Waals surface area (Å²) >= 11 is 0. The van der Waals surface area contributed by atoms with Crippen LogP contribution in [0.4, 0.5) is 0 Å². The number of para-hydroxylation sites is 1. The van der Waals surface area contributed by atoms with Crippen LogP contribution in [0.25, 0.3) is 34.4 Å². The van der Waals surface area contributed by atoms with Gasteiger partial charge in [0.05, 0.1) is 34.5 Å². The Bertz CT molecular complexity index is 2020. The van der Waals surface area contributed by atoms with Crippen molar-refractivity contribution in [3.05, 3.63) is 117 Å². The van der Waals surface area contributed by atoms with Gasteiger partial charge in [0, 0.05) is 30.7 Å². The van der Waals surface area contributed by atoms with E-state index in [4.69, 9.17) is 4.98 Å². The summed E-state index contributed by atoms with van der Waals surface area (Å²) in [5, 5.41) is 12.2. The van der Waals surface area contributed by atoms with Gasteiger partial charge in [0.2, 0.25) is 0 Å². The Balaban J connectivity index is 1.47. The number of nitrogens with zero attached hydrogens (tertiary/aromatic N) is 7. The summed E-state index contributed by atoms with van der Waals surface area (Å²) in [6, 6.07) is 16.0. The van der Waals surface area contributed by atoms with Gasteiger partial charge in [-0.1, -0.05) is 42.5 Å². The zero-order valence-electron chi connectivity index (χ0n) is 23.1. The van der Waals surface area contributed by atoms with Crippen molar-refractivity contribution in [1.29, 1.82) is 0 Å². The summed E-state index contributed by atoms with van der Waals surface area (Å²) in [5.41, 5.74) is 5.08. The molecule has 6 aromatic rings. The fourth-order valence-corrected chi connectivity index (χ4v) is 4.98. The number of aromatic nitrogens is 7. The number of aryl methyl sites for hydroxylation is 2. The third-order valence-electron chi connectivity index (χ3n) is 7.22. The smallest absolute Gasteiger partial charge is 0.266 e. The SMILES string of the molecule is Cc1nn2cccnc2c1C(=O)N[C@H](C)c1nc2cccc(/C=C/c3cnn(C)c3C)c2c(=O)n1-c1ccccc1. The third kappa shape index (κ3) is 4.59. The van der Waals surface area contributed by atoms with Gasteiger partial charge in [0.15, 0.2) is 5.65 Å². The Morgan fingerprint density at radius 3 is 2.54 bits per heavy atom. The van der Waals surface area contributed by atoms with Crippen molar-refractivity contribution in [3.63, 3.8) is 0 Å². The number of amides is 1. The Kier molecular flexibility index (Phi) is 6.50. The van der Waals surface area contributed by atoms with E-state index in [1.807, 2.05) is 81.6 Å². The second kappa shape index (κ2) is 10.3. The van der Waals surface area contributed by atoms with Crippen LogP contribution < -0.4 is 10.9 Å². The van der Waals surface area contributed by atoms with Gasteiger partial charge in [-0.05, 0) is 50.6 Å². The highest BCUT2D eigenvalue weighted by atomic mass is 16.2. The minimum absolute atomic E-state index is 0.228. The second-order valence-corrected chi connectivity index (χ2v) is 9.87. The zero-order chi connectivity index (χ0) is 28.7. The summed E-state index contributed by atoms with van der Waals surface area (Å²) in [7, 11) is 1.89. The molecule has 0 unspecified atom stereocenters. The predicted octanol–water partition coefficient (Wildman–Crippen LogP) is 4.44. The van der Waals surface area contributed by atoms with Gasteiger partial charge in [-0.15, -0.1) is 0 Å². The molecule has 10 heteroatoms. The molecule has 1 atom stereocenters. The molecule has 0 aliphatic heterocycles. The van der Waals surface area contributed by atoms with Gasteiger partial charge >= 0.3 is 0 Å². The summed E-state index contributed by atoms with van der Waals surface area (Å²) in [6.45, 7) is 5.57. The van der Waals surface area contributed by atoms with Crippen LogP contribution in [0.2, 0.25) is 0 Å². The average Bonchev–Trinajstić information content (AvgIpc) is 3.49. The molecule has 4 heterocycles. The van der Waals surface area contributed by atoms with Crippen LogP contribution >= 0.6 is 0 Å². The monoisotopic (exact) mass is 544 g/mol. The first-order valence-corrected chi connectivity index (χ1v) is 13.2. The predicted molar refractivity (Wildman–Crippen MR) is 158 cm³/mol. The number of nitrogens with one attached hydrogen (secondary N) is 1. The lowest BCUT2D eigenvalue weighted by Crippen LogP contribution is -2.33. The normalized spacial score (nSPS) is 12.4. The van der Waals surface area contributed by atoms with Crippen molar-refractivity contribution < 1.29 is 4.79 Å². The van der Waals surface area contributed by atoms with E-state index in [9.17, 15) is 9.59 Å². The van der Waals surface area contributed by atoms with E-state index >= 15 is 0 Å². The van der Waals surface area contributed by atoms with E-state index in [0.29, 0.717) is 39.3 Å². The molecule has 0 radical (unpaired) electrons. The minimum Gasteiger partial charge on any atom is -0.342 e. The molecule has 1 N–H and O–H groups in total. The van der Waals surface area contributed by atoms with Gasteiger partial charge in [-0.25, -0.2) is 14.5 Å². The Morgan fingerprint density at radius 1 is 1.00 bits per heavy atom. The second-order valence-electron chi connectivity index (χ2n) is 9.87. The molecule has 0 fully saturated rings. The van der Waals surface area contributed by atoms with E-state index in [1.165, 1.54) is 0 Å². The lowest BCUT2D eigenvalue weighted by Gasteiger charge is -2.20. The van der Waals surface area contributed by atoms with Crippen LogP contribution in [0.15, 0.2) is 78.0 Å². The molecular weight excluding hydrogens is 516 g/mol. The van der Waals surface area contributed by atoms with Crippen LogP contribution in [-0.4, -0.2) is 39.8 Å². The van der Waals surface area contributed by atoms with E-state index in [0.717, 1.165) is 16.8 Å². The highest BCUT2D eigenvalue weighted by Crippen LogP contribution is 2.23. The van der Waals surface area contributed by atoms with E-state index < -0.39 is 6.04 Å². The number of carbonyl (C=O) groups is 1. The van der Waals surface area contributed by atoms with Crippen molar-refractivity contribution >= 4 is 34.6 Å². The topological polar surface area (TPSA) is 112 Å². The summed E-state index contributed by atoms with van der Waals surface area (Å²) in [4.78, 5) is 37.0. The van der Waals surface area contributed by atoms with Gasteiger partial charge in [-0.3, -0.25) is 18.8 Å². The van der Waals surface area contributed by atoms with E-state index in [1.54, 1.807) is 45.3 Å². The molecule has 0 bridgehead atoms. The standard InChI is InChI=1S/C31H28N8O2/c1-19-26(29-32-16-9-17-38(29)36-19)30(40)34-20(2)28-35-25-13-8-10-22(14-15-23-18-33-37(4)21(23)3)27(25)31(41)39(28)24-11-6-5-7-12-24/h5-18,20H,1-4H3,(H,34,40)/b15-14+/t20-/m1/s1. The molecule has 4 aromatic heterocycles. The summed E-state index contributed by atoms with van der Waals surface area (Å²) in [5.74, 6) is 0.0644. The number of hydrogen-bond donors (Lipinski definition) is 1. The largest absolute Gasteiger partial charge is 0.342 e. The van der Waals surface area contributed by atoms with E-state index in [-0.39, 0.29) is 11.5 Å². The van der Waals surface area contributed by atoms with Gasteiger partial charge in [0.1, 0.15) is 11.4 Å². The van der Waals surface area contributed by atoms with Crippen molar-refractivity contribution in [2.24, 2.45) is 7.05 Å². The summed E-state index contributed by atoms with van der Waals surface area (Å²) in [6.07, 6.45) is 9.02. The highest BCUT2D eigenvalue weighted by Gasteiger charge is 2.24. The lowest BCUT2D eigenvalue weighted by atomic mass is 10.1. The molecule has 0 saturated carbocycles. The fraction of sp³-hybridized carbons (Fsp3) is 0.161. The molecule has 0 spiro atoms.